The van der Waals surface area contributed by atoms with Crippen LogP contribution >= 0.6 is 0 Å². The van der Waals surface area contributed by atoms with Gasteiger partial charge in [0.05, 0.1) is 11.2 Å². The summed E-state index contributed by atoms with van der Waals surface area (Å²) in [5, 5.41) is 4.69. The molecular formula is C16H22N4. The minimum atomic E-state index is 0.720. The zero-order chi connectivity index (χ0) is 13.9. The molecule has 4 nitrogen and oxygen atoms in total. The molecule has 1 atom stereocenters. The quantitative estimate of drug-likeness (QED) is 0.842. The van der Waals surface area contributed by atoms with Gasteiger partial charge in [0, 0.05) is 30.4 Å². The van der Waals surface area contributed by atoms with Gasteiger partial charge in [-0.2, -0.15) is 0 Å². The molecule has 0 spiro atoms. The zero-order valence-electron chi connectivity index (χ0n) is 12.0. The molecule has 0 bridgehead atoms. The third-order valence-electron chi connectivity index (χ3n) is 4.11. The van der Waals surface area contributed by atoms with Gasteiger partial charge in [0.2, 0.25) is 0 Å². The molecule has 1 aromatic carbocycles. The first-order valence-corrected chi connectivity index (χ1v) is 7.29. The molecule has 106 valence electrons. The minimum Gasteiger partial charge on any atom is -0.397 e. The number of nitrogen functional groups attached to an aromatic ring is 1. The van der Waals surface area contributed by atoms with Crippen molar-refractivity contribution in [1.29, 1.82) is 0 Å². The molecule has 1 unspecified atom stereocenters. The lowest BCUT2D eigenvalue weighted by atomic mass is 9.98. The third kappa shape index (κ3) is 2.70. The normalized spacial score (nSPS) is 20.1. The van der Waals surface area contributed by atoms with E-state index in [1.54, 1.807) is 0 Å². The Balaban J connectivity index is 1.76. The van der Waals surface area contributed by atoms with Crippen molar-refractivity contribution >= 4 is 22.3 Å². The molecule has 1 aliphatic rings. The summed E-state index contributed by atoms with van der Waals surface area (Å²) in [7, 11) is 2.20. The van der Waals surface area contributed by atoms with Gasteiger partial charge in [-0.25, -0.2) is 0 Å². The molecule has 3 N–H and O–H groups in total. The maximum Gasteiger partial charge on any atom is 0.0951 e. The lowest BCUT2D eigenvalue weighted by Gasteiger charge is -2.30. The minimum absolute atomic E-state index is 0.720. The van der Waals surface area contributed by atoms with Gasteiger partial charge < -0.3 is 16.0 Å². The number of hydrogen-bond donors (Lipinski definition) is 2. The fourth-order valence-electron chi connectivity index (χ4n) is 3.05. The predicted octanol–water partition coefficient (Wildman–Crippen LogP) is 2.57. The molecule has 4 heteroatoms. The number of benzene rings is 1. The van der Waals surface area contributed by atoms with E-state index in [0.717, 1.165) is 34.7 Å². The van der Waals surface area contributed by atoms with Gasteiger partial charge in [-0.15, -0.1) is 0 Å². The number of nitrogens with two attached hydrogens (primary N) is 1. The van der Waals surface area contributed by atoms with Gasteiger partial charge in [0.1, 0.15) is 0 Å². The van der Waals surface area contributed by atoms with Crippen LogP contribution in [0, 0.1) is 5.92 Å². The van der Waals surface area contributed by atoms with Gasteiger partial charge >= 0.3 is 0 Å². The number of para-hydroxylation sites is 1. The average Bonchev–Trinajstić information content (AvgIpc) is 2.46. The van der Waals surface area contributed by atoms with Gasteiger partial charge in [-0.05, 0) is 44.5 Å². The first-order chi connectivity index (χ1) is 9.74. The van der Waals surface area contributed by atoms with Crippen LogP contribution in [-0.2, 0) is 0 Å². The molecule has 1 aliphatic heterocycles. The van der Waals surface area contributed by atoms with Crippen LogP contribution in [0.5, 0.6) is 0 Å². The highest BCUT2D eigenvalue weighted by Crippen LogP contribution is 2.26. The fourth-order valence-corrected chi connectivity index (χ4v) is 3.05. The first-order valence-electron chi connectivity index (χ1n) is 7.29. The Bertz CT molecular complexity index is 596. The highest BCUT2D eigenvalue weighted by molar-refractivity contribution is 5.97. The third-order valence-corrected chi connectivity index (χ3v) is 4.11. The van der Waals surface area contributed by atoms with E-state index >= 15 is 0 Å². The Kier molecular flexibility index (Phi) is 3.74. The molecule has 1 aromatic heterocycles. The van der Waals surface area contributed by atoms with Crippen molar-refractivity contribution in [2.45, 2.75) is 12.8 Å². The summed E-state index contributed by atoms with van der Waals surface area (Å²) in [5.41, 5.74) is 8.75. The largest absolute Gasteiger partial charge is 0.397 e. The lowest BCUT2D eigenvalue weighted by Crippen LogP contribution is -2.35. The highest BCUT2D eigenvalue weighted by atomic mass is 15.1. The van der Waals surface area contributed by atoms with Crippen LogP contribution in [0.1, 0.15) is 12.8 Å². The Hall–Kier alpha value is -1.81. The van der Waals surface area contributed by atoms with Crippen LogP contribution in [0.15, 0.2) is 30.5 Å². The molecule has 0 radical (unpaired) electrons. The van der Waals surface area contributed by atoms with E-state index in [0.29, 0.717) is 0 Å². The van der Waals surface area contributed by atoms with E-state index in [1.165, 1.54) is 25.9 Å². The van der Waals surface area contributed by atoms with Crippen molar-refractivity contribution in [3.63, 3.8) is 0 Å². The molecule has 0 aliphatic carbocycles. The van der Waals surface area contributed by atoms with E-state index in [9.17, 15) is 0 Å². The lowest BCUT2D eigenvalue weighted by molar-refractivity contribution is 0.217. The summed E-state index contributed by atoms with van der Waals surface area (Å²) in [4.78, 5) is 6.79. The summed E-state index contributed by atoms with van der Waals surface area (Å²) in [6.07, 6.45) is 4.43. The number of piperidine rings is 1. The highest BCUT2D eigenvalue weighted by Gasteiger charge is 2.17. The first kappa shape index (κ1) is 13.2. The van der Waals surface area contributed by atoms with Crippen LogP contribution in [-0.4, -0.2) is 36.6 Å². The molecule has 20 heavy (non-hydrogen) atoms. The van der Waals surface area contributed by atoms with Gasteiger partial charge in [0.25, 0.3) is 0 Å². The van der Waals surface area contributed by atoms with Crippen LogP contribution in [0.4, 0.5) is 11.4 Å². The SMILES string of the molecule is CN1CCCC(CNc2ccnc3c(N)cccc23)C1. The molecule has 0 amide bonds. The number of aromatic nitrogens is 1. The smallest absolute Gasteiger partial charge is 0.0951 e. The Labute approximate surface area is 120 Å². The summed E-state index contributed by atoms with van der Waals surface area (Å²) in [6, 6.07) is 8.00. The Morgan fingerprint density at radius 1 is 1.40 bits per heavy atom. The number of pyridine rings is 1. The van der Waals surface area contributed by atoms with Gasteiger partial charge in [0.15, 0.2) is 0 Å². The van der Waals surface area contributed by atoms with Crippen LogP contribution in [0.25, 0.3) is 10.9 Å². The van der Waals surface area contributed by atoms with Gasteiger partial charge in [-0.3, -0.25) is 4.98 Å². The second-order valence-corrected chi connectivity index (χ2v) is 5.75. The predicted molar refractivity (Wildman–Crippen MR) is 84.9 cm³/mol. The molecule has 0 saturated carbocycles. The molecule has 2 heterocycles. The molecule has 1 saturated heterocycles. The van der Waals surface area contributed by atoms with Crippen molar-refractivity contribution in [2.75, 3.05) is 37.7 Å². The van der Waals surface area contributed by atoms with Crippen LogP contribution in [0.3, 0.4) is 0 Å². The number of fused-ring (bicyclic) bond motifs is 1. The monoisotopic (exact) mass is 270 g/mol. The Morgan fingerprint density at radius 3 is 3.15 bits per heavy atom. The summed E-state index contributed by atoms with van der Waals surface area (Å²) in [6.45, 7) is 3.42. The van der Waals surface area contributed by atoms with Crippen molar-refractivity contribution in [3.05, 3.63) is 30.5 Å². The number of nitrogens with one attached hydrogen (secondary N) is 1. The summed E-state index contributed by atoms with van der Waals surface area (Å²) < 4.78 is 0. The molecule has 3 rings (SSSR count). The van der Waals surface area contributed by atoms with Crippen LogP contribution < -0.4 is 11.1 Å². The summed E-state index contributed by atoms with van der Waals surface area (Å²) in [5.74, 6) is 0.720. The molecular weight excluding hydrogens is 248 g/mol. The number of likely N-dealkylation sites (tertiary alicyclic amines) is 1. The van der Waals surface area contributed by atoms with Crippen LogP contribution in [0.2, 0.25) is 0 Å². The van der Waals surface area contributed by atoms with E-state index in [1.807, 2.05) is 24.4 Å². The average molecular weight is 270 g/mol. The maximum absolute atomic E-state index is 5.99. The standard InChI is InChI=1S/C16H22N4/c1-20-9-3-4-12(11-20)10-19-15-7-8-18-16-13(15)5-2-6-14(16)17/h2,5-8,12H,3-4,9-11,17H2,1H3,(H,18,19). The fraction of sp³-hybridized carbons (Fsp3) is 0.438. The van der Waals surface area contributed by atoms with E-state index in [2.05, 4.69) is 28.3 Å². The van der Waals surface area contributed by atoms with Crippen molar-refractivity contribution in [3.8, 4) is 0 Å². The molecule has 1 fully saturated rings. The van der Waals surface area contributed by atoms with E-state index < -0.39 is 0 Å². The van der Waals surface area contributed by atoms with Crippen molar-refractivity contribution < 1.29 is 0 Å². The Morgan fingerprint density at radius 2 is 2.30 bits per heavy atom. The van der Waals surface area contributed by atoms with Gasteiger partial charge in [-0.1, -0.05) is 12.1 Å². The number of anilines is 2. The maximum atomic E-state index is 5.99. The number of rotatable bonds is 3. The van der Waals surface area contributed by atoms with Crippen molar-refractivity contribution in [2.24, 2.45) is 5.92 Å². The van der Waals surface area contributed by atoms with E-state index in [4.69, 9.17) is 5.73 Å². The van der Waals surface area contributed by atoms with Crippen molar-refractivity contribution in [1.82, 2.24) is 9.88 Å². The zero-order valence-corrected chi connectivity index (χ0v) is 12.0. The second-order valence-electron chi connectivity index (χ2n) is 5.75. The summed E-state index contributed by atoms with van der Waals surface area (Å²) >= 11 is 0. The molecule has 2 aromatic rings. The number of nitrogens with zero attached hydrogens (tertiary/aromatic N) is 2. The van der Waals surface area contributed by atoms with E-state index in [-0.39, 0.29) is 0 Å². The topological polar surface area (TPSA) is 54.2 Å². The second kappa shape index (κ2) is 5.67. The number of hydrogen-bond acceptors (Lipinski definition) is 4.